The lowest BCUT2D eigenvalue weighted by atomic mass is 10.1. The molecule has 0 aliphatic rings. The van der Waals surface area contributed by atoms with E-state index in [-0.39, 0.29) is 0 Å². The Hall–Kier alpha value is -0.860. The average molecular weight is 276 g/mol. The van der Waals surface area contributed by atoms with Gasteiger partial charge in [0.05, 0.1) is 0 Å². The maximum Gasteiger partial charge on any atom is 0.0234 e. The molecule has 1 unspecified atom stereocenters. The third-order valence-electron chi connectivity index (χ3n) is 3.69. The van der Waals surface area contributed by atoms with Crippen molar-refractivity contribution < 1.29 is 0 Å². The van der Waals surface area contributed by atoms with Gasteiger partial charge in [0.15, 0.2) is 0 Å². The van der Waals surface area contributed by atoms with Gasteiger partial charge < -0.3 is 5.32 Å². The van der Waals surface area contributed by atoms with E-state index in [1.165, 1.54) is 24.0 Å². The van der Waals surface area contributed by atoms with E-state index in [0.29, 0.717) is 6.04 Å². The summed E-state index contributed by atoms with van der Waals surface area (Å²) in [6.45, 7) is 12.2. The van der Waals surface area contributed by atoms with Crippen LogP contribution in [0.25, 0.3) is 0 Å². The summed E-state index contributed by atoms with van der Waals surface area (Å²) in [5.74, 6) is 0.722. The average Bonchev–Trinajstić information content (AvgIpc) is 2.37. The monoisotopic (exact) mass is 276 g/mol. The molecule has 0 bridgehead atoms. The highest BCUT2D eigenvalue weighted by atomic mass is 15.1. The lowest BCUT2D eigenvalue weighted by Gasteiger charge is -2.28. The number of aryl methyl sites for hydroxylation is 1. The van der Waals surface area contributed by atoms with Gasteiger partial charge in [0.1, 0.15) is 0 Å². The quantitative estimate of drug-likeness (QED) is 0.737. The summed E-state index contributed by atoms with van der Waals surface area (Å²) in [5, 5.41) is 3.61. The van der Waals surface area contributed by atoms with Gasteiger partial charge in [-0.05, 0) is 38.4 Å². The highest BCUT2D eigenvalue weighted by molar-refractivity contribution is 5.22. The van der Waals surface area contributed by atoms with Gasteiger partial charge in [-0.3, -0.25) is 4.90 Å². The molecule has 0 spiro atoms. The van der Waals surface area contributed by atoms with Crippen LogP contribution in [0.4, 0.5) is 0 Å². The zero-order valence-electron chi connectivity index (χ0n) is 13.9. The lowest BCUT2D eigenvalue weighted by molar-refractivity contribution is 0.213. The van der Waals surface area contributed by atoms with Crippen LogP contribution in [0.3, 0.4) is 0 Å². The zero-order valence-corrected chi connectivity index (χ0v) is 13.9. The molecule has 0 saturated heterocycles. The minimum atomic E-state index is 0.624. The Bertz CT molecular complexity index is 373. The summed E-state index contributed by atoms with van der Waals surface area (Å²) >= 11 is 0. The standard InChI is InChI=1S/C18H32N2/c1-6-8-18(13-19-12-15(2)3)20(5)14-17-10-7-9-16(4)11-17/h7,9-11,15,18-19H,6,8,12-14H2,1-5H3. The topological polar surface area (TPSA) is 15.3 Å². The van der Waals surface area contributed by atoms with E-state index in [4.69, 9.17) is 0 Å². The van der Waals surface area contributed by atoms with Gasteiger partial charge >= 0.3 is 0 Å². The third-order valence-corrected chi connectivity index (χ3v) is 3.69. The van der Waals surface area contributed by atoms with Gasteiger partial charge in [-0.2, -0.15) is 0 Å². The summed E-state index contributed by atoms with van der Waals surface area (Å²) in [6.07, 6.45) is 2.50. The van der Waals surface area contributed by atoms with Gasteiger partial charge in [0, 0.05) is 19.1 Å². The molecule has 2 heteroatoms. The molecule has 1 aromatic rings. The van der Waals surface area contributed by atoms with E-state index in [0.717, 1.165) is 25.6 Å². The Morgan fingerprint density at radius 1 is 1.20 bits per heavy atom. The largest absolute Gasteiger partial charge is 0.315 e. The Morgan fingerprint density at radius 3 is 2.55 bits per heavy atom. The second-order valence-electron chi connectivity index (χ2n) is 6.40. The highest BCUT2D eigenvalue weighted by Crippen LogP contribution is 2.11. The Morgan fingerprint density at radius 2 is 1.95 bits per heavy atom. The highest BCUT2D eigenvalue weighted by Gasteiger charge is 2.14. The zero-order chi connectivity index (χ0) is 15.0. The van der Waals surface area contributed by atoms with E-state index in [2.05, 4.69) is 69.2 Å². The van der Waals surface area contributed by atoms with E-state index in [9.17, 15) is 0 Å². The molecule has 0 aliphatic heterocycles. The minimum Gasteiger partial charge on any atom is -0.315 e. The first-order valence-electron chi connectivity index (χ1n) is 7.99. The first-order valence-corrected chi connectivity index (χ1v) is 7.99. The van der Waals surface area contributed by atoms with Gasteiger partial charge in [0.2, 0.25) is 0 Å². The lowest BCUT2D eigenvalue weighted by Crippen LogP contribution is -2.40. The number of nitrogens with one attached hydrogen (secondary N) is 1. The molecular weight excluding hydrogens is 244 g/mol. The summed E-state index contributed by atoms with van der Waals surface area (Å²) in [6, 6.07) is 9.47. The summed E-state index contributed by atoms with van der Waals surface area (Å²) in [7, 11) is 2.25. The van der Waals surface area contributed by atoms with Gasteiger partial charge in [-0.1, -0.05) is 57.0 Å². The van der Waals surface area contributed by atoms with E-state index >= 15 is 0 Å². The van der Waals surface area contributed by atoms with Crippen LogP contribution in [0.15, 0.2) is 24.3 Å². The molecule has 0 heterocycles. The normalized spacial score (nSPS) is 13.2. The molecule has 1 N–H and O–H groups in total. The molecule has 0 fully saturated rings. The molecule has 0 amide bonds. The summed E-state index contributed by atoms with van der Waals surface area (Å²) < 4.78 is 0. The van der Waals surface area contributed by atoms with Crippen LogP contribution in [0.1, 0.15) is 44.7 Å². The fraction of sp³-hybridized carbons (Fsp3) is 0.667. The number of hydrogen-bond donors (Lipinski definition) is 1. The van der Waals surface area contributed by atoms with Crippen LogP contribution in [-0.2, 0) is 6.54 Å². The molecular formula is C18H32N2. The summed E-state index contributed by atoms with van der Waals surface area (Å²) in [5.41, 5.74) is 2.76. The minimum absolute atomic E-state index is 0.624. The predicted molar refractivity (Wildman–Crippen MR) is 89.0 cm³/mol. The fourth-order valence-corrected chi connectivity index (χ4v) is 2.58. The Labute approximate surface area is 125 Å². The molecule has 20 heavy (non-hydrogen) atoms. The van der Waals surface area contributed by atoms with Crippen molar-refractivity contribution >= 4 is 0 Å². The molecule has 114 valence electrons. The molecule has 1 aromatic carbocycles. The van der Waals surface area contributed by atoms with Crippen molar-refractivity contribution in [2.75, 3.05) is 20.1 Å². The van der Waals surface area contributed by atoms with Crippen molar-refractivity contribution in [2.45, 2.75) is 53.1 Å². The van der Waals surface area contributed by atoms with Crippen LogP contribution in [0.2, 0.25) is 0 Å². The van der Waals surface area contributed by atoms with Crippen molar-refractivity contribution in [1.29, 1.82) is 0 Å². The first kappa shape index (κ1) is 17.2. The molecule has 2 nitrogen and oxygen atoms in total. The van der Waals surface area contributed by atoms with E-state index in [1.54, 1.807) is 0 Å². The number of rotatable bonds is 9. The Kier molecular flexibility index (Phi) is 7.86. The van der Waals surface area contributed by atoms with Crippen LogP contribution in [0.5, 0.6) is 0 Å². The van der Waals surface area contributed by atoms with Crippen LogP contribution >= 0.6 is 0 Å². The van der Waals surface area contributed by atoms with Crippen LogP contribution < -0.4 is 5.32 Å². The molecule has 0 saturated carbocycles. The van der Waals surface area contributed by atoms with Gasteiger partial charge in [-0.15, -0.1) is 0 Å². The molecule has 0 aromatic heterocycles. The third kappa shape index (κ3) is 6.53. The Balaban J connectivity index is 2.52. The SMILES string of the molecule is CCCC(CNCC(C)C)N(C)Cc1cccc(C)c1. The second kappa shape index (κ2) is 9.15. The first-order chi connectivity index (χ1) is 9.52. The van der Waals surface area contributed by atoms with Crippen molar-refractivity contribution in [3.63, 3.8) is 0 Å². The second-order valence-corrected chi connectivity index (χ2v) is 6.40. The summed E-state index contributed by atoms with van der Waals surface area (Å²) in [4.78, 5) is 2.49. The number of likely N-dealkylation sites (N-methyl/N-ethyl adjacent to an activating group) is 1. The van der Waals surface area contributed by atoms with Gasteiger partial charge in [-0.25, -0.2) is 0 Å². The van der Waals surface area contributed by atoms with Crippen LogP contribution in [-0.4, -0.2) is 31.1 Å². The predicted octanol–water partition coefficient (Wildman–Crippen LogP) is 3.84. The van der Waals surface area contributed by atoms with Crippen molar-refractivity contribution in [1.82, 2.24) is 10.2 Å². The number of hydrogen-bond acceptors (Lipinski definition) is 2. The smallest absolute Gasteiger partial charge is 0.0234 e. The maximum atomic E-state index is 3.61. The molecule has 0 radical (unpaired) electrons. The van der Waals surface area contributed by atoms with Crippen molar-refractivity contribution in [2.24, 2.45) is 5.92 Å². The molecule has 0 aliphatic carbocycles. The van der Waals surface area contributed by atoms with Crippen molar-refractivity contribution in [3.05, 3.63) is 35.4 Å². The van der Waals surface area contributed by atoms with Crippen molar-refractivity contribution in [3.8, 4) is 0 Å². The van der Waals surface area contributed by atoms with Crippen LogP contribution in [0, 0.1) is 12.8 Å². The van der Waals surface area contributed by atoms with E-state index in [1.807, 2.05) is 0 Å². The fourth-order valence-electron chi connectivity index (χ4n) is 2.58. The molecule has 1 rings (SSSR count). The van der Waals surface area contributed by atoms with Gasteiger partial charge in [0.25, 0.3) is 0 Å². The van der Waals surface area contributed by atoms with E-state index < -0.39 is 0 Å². The molecule has 1 atom stereocenters. The number of nitrogens with zero attached hydrogens (tertiary/aromatic N) is 1. The maximum absolute atomic E-state index is 3.61. The number of benzene rings is 1.